The molecule has 0 atom stereocenters. The Kier molecular flexibility index (Phi) is 5.00. The summed E-state index contributed by atoms with van der Waals surface area (Å²) in [6.07, 6.45) is 1.43. The summed E-state index contributed by atoms with van der Waals surface area (Å²) in [4.78, 5) is 12.7. The van der Waals surface area contributed by atoms with Crippen molar-refractivity contribution in [3.63, 3.8) is 0 Å². The maximum atomic E-state index is 12.7. The Bertz CT molecular complexity index is 1040. The first-order valence-electron chi connectivity index (χ1n) is 8.92. The number of carbonyl (C=O) groups is 1. The van der Waals surface area contributed by atoms with E-state index >= 15 is 0 Å². The van der Waals surface area contributed by atoms with Crippen LogP contribution in [0.1, 0.15) is 27.3 Å². The van der Waals surface area contributed by atoms with Crippen LogP contribution in [0, 0.1) is 19.1 Å². The number of rotatable bonds is 6. The van der Waals surface area contributed by atoms with E-state index in [0.29, 0.717) is 17.1 Å². The van der Waals surface area contributed by atoms with E-state index in [1.54, 1.807) is 18.2 Å². The molecule has 0 saturated carbocycles. The first kappa shape index (κ1) is 18.4. The van der Waals surface area contributed by atoms with Crippen molar-refractivity contribution in [3.8, 4) is 11.5 Å². The predicted molar refractivity (Wildman–Crippen MR) is 106 cm³/mol. The first-order chi connectivity index (χ1) is 13.5. The monoisotopic (exact) mass is 396 g/mol. The highest BCUT2D eigenvalue weighted by Gasteiger charge is 2.19. The number of ketones is 1. The molecule has 6 nitrogen and oxygen atoms in total. The van der Waals surface area contributed by atoms with Crippen molar-refractivity contribution < 1.29 is 19.0 Å². The molecule has 1 aliphatic heterocycles. The Labute approximate surface area is 167 Å². The third kappa shape index (κ3) is 3.57. The number of Topliss-reactive ketones (excluding diaryl/α,β-unsaturated/α-hetero) is 1. The Morgan fingerprint density at radius 3 is 2.82 bits per heavy atom. The summed E-state index contributed by atoms with van der Waals surface area (Å²) in [5, 5.41) is 12.3. The van der Waals surface area contributed by atoms with Gasteiger partial charge in [-0.3, -0.25) is 4.79 Å². The lowest BCUT2D eigenvalue weighted by molar-refractivity contribution is -0.645. The fourth-order valence-corrected chi connectivity index (χ4v) is 4.09. The predicted octanol–water partition coefficient (Wildman–Crippen LogP) is 3.49. The van der Waals surface area contributed by atoms with Gasteiger partial charge in [0.1, 0.15) is 0 Å². The van der Waals surface area contributed by atoms with Crippen molar-refractivity contribution >= 4 is 17.5 Å². The van der Waals surface area contributed by atoms with Gasteiger partial charge in [0.2, 0.25) is 6.79 Å². The molecule has 0 bridgehead atoms. The highest BCUT2D eigenvalue weighted by molar-refractivity contribution is 7.99. The number of pyridine rings is 1. The van der Waals surface area contributed by atoms with Crippen LogP contribution in [-0.4, -0.2) is 22.9 Å². The number of aromatic nitrogens is 2. The fraction of sp³-hybridized carbons (Fsp3) is 0.238. The molecule has 0 aliphatic carbocycles. The molecule has 0 saturated heterocycles. The van der Waals surface area contributed by atoms with E-state index in [1.165, 1.54) is 18.0 Å². The first-order valence-corrected chi connectivity index (χ1v) is 9.91. The van der Waals surface area contributed by atoms with Crippen molar-refractivity contribution in [3.05, 3.63) is 76.4 Å². The minimum Gasteiger partial charge on any atom is -0.618 e. The van der Waals surface area contributed by atoms with E-state index in [1.807, 2.05) is 38.1 Å². The van der Waals surface area contributed by atoms with Crippen molar-refractivity contribution in [1.29, 1.82) is 0 Å². The van der Waals surface area contributed by atoms with E-state index in [9.17, 15) is 10.0 Å². The fourth-order valence-electron chi connectivity index (χ4n) is 3.29. The third-order valence-corrected chi connectivity index (χ3v) is 5.81. The number of hydrogen-bond donors (Lipinski definition) is 0. The maximum Gasteiger partial charge on any atom is 0.251 e. The van der Waals surface area contributed by atoms with Gasteiger partial charge in [-0.25, -0.2) is 0 Å². The topological polar surface area (TPSA) is 67.4 Å². The summed E-state index contributed by atoms with van der Waals surface area (Å²) in [6, 6.07) is 13.0. The number of ether oxygens (including phenoxy) is 2. The quantitative estimate of drug-likeness (QED) is 0.276. The van der Waals surface area contributed by atoms with E-state index in [0.717, 1.165) is 33.2 Å². The molecule has 0 N–H and O–H groups in total. The molecular weight excluding hydrogens is 376 g/mol. The Morgan fingerprint density at radius 2 is 2.00 bits per heavy atom. The molecule has 4 rings (SSSR count). The van der Waals surface area contributed by atoms with Crippen LogP contribution in [0.15, 0.2) is 53.7 Å². The van der Waals surface area contributed by atoms with Crippen molar-refractivity contribution in [2.45, 2.75) is 25.4 Å². The molecule has 0 unspecified atom stereocenters. The molecule has 28 heavy (non-hydrogen) atoms. The second kappa shape index (κ2) is 7.59. The van der Waals surface area contributed by atoms with Gasteiger partial charge in [0.15, 0.2) is 23.5 Å². The number of carbonyl (C=O) groups excluding carboxylic acids is 1. The van der Waals surface area contributed by atoms with Gasteiger partial charge in [-0.2, -0.15) is 4.73 Å². The molecule has 3 aromatic rings. The van der Waals surface area contributed by atoms with Crippen LogP contribution in [0.5, 0.6) is 11.5 Å². The van der Waals surface area contributed by atoms with Crippen LogP contribution in [0.2, 0.25) is 0 Å². The Hall–Kier alpha value is -2.93. The van der Waals surface area contributed by atoms with Gasteiger partial charge >= 0.3 is 0 Å². The second-order valence-corrected chi connectivity index (χ2v) is 7.63. The number of benzene rings is 1. The summed E-state index contributed by atoms with van der Waals surface area (Å²) in [7, 11) is 0. The lowest BCUT2D eigenvalue weighted by atomic mass is 10.1. The lowest BCUT2D eigenvalue weighted by Gasteiger charge is -2.10. The molecule has 1 aliphatic rings. The van der Waals surface area contributed by atoms with E-state index in [-0.39, 0.29) is 18.3 Å². The number of fused-ring (bicyclic) bond motifs is 1. The summed E-state index contributed by atoms with van der Waals surface area (Å²) in [6.45, 7) is 4.84. The zero-order valence-electron chi connectivity index (χ0n) is 15.7. The maximum absolute atomic E-state index is 12.7. The SMILES string of the molecule is Cc1cc(C(=O)CSc2cccc[n+]2[O-])c(C)n1Cc1ccc2c(c1)OCO2. The Balaban J connectivity index is 1.50. The molecule has 0 spiro atoms. The normalized spacial score (nSPS) is 12.4. The molecular formula is C21H20N2O4S. The average Bonchev–Trinajstić information content (AvgIpc) is 3.26. The number of nitrogens with zero attached hydrogens (tertiary/aromatic N) is 2. The van der Waals surface area contributed by atoms with Crippen LogP contribution in [0.25, 0.3) is 0 Å². The largest absolute Gasteiger partial charge is 0.618 e. The molecule has 0 amide bonds. The molecule has 2 aromatic heterocycles. The van der Waals surface area contributed by atoms with E-state index in [2.05, 4.69) is 4.57 Å². The summed E-state index contributed by atoms with van der Waals surface area (Å²) >= 11 is 1.25. The van der Waals surface area contributed by atoms with Crippen molar-refractivity contribution in [2.24, 2.45) is 0 Å². The molecule has 1 aromatic carbocycles. The zero-order valence-corrected chi connectivity index (χ0v) is 16.5. The third-order valence-electron chi connectivity index (χ3n) is 4.79. The van der Waals surface area contributed by atoms with Crippen LogP contribution in [0.3, 0.4) is 0 Å². The summed E-state index contributed by atoms with van der Waals surface area (Å²) in [5.74, 6) is 1.75. The zero-order chi connectivity index (χ0) is 19.7. The van der Waals surface area contributed by atoms with Crippen LogP contribution in [-0.2, 0) is 6.54 Å². The van der Waals surface area contributed by atoms with Gasteiger partial charge in [0.05, 0.1) is 5.75 Å². The average molecular weight is 396 g/mol. The number of hydrogen-bond acceptors (Lipinski definition) is 5. The molecule has 0 radical (unpaired) electrons. The molecule has 7 heteroatoms. The summed E-state index contributed by atoms with van der Waals surface area (Å²) in [5.41, 5.74) is 3.71. The number of thioether (sulfide) groups is 1. The highest BCUT2D eigenvalue weighted by Crippen LogP contribution is 2.33. The van der Waals surface area contributed by atoms with E-state index in [4.69, 9.17) is 9.47 Å². The van der Waals surface area contributed by atoms with Gasteiger partial charge in [-0.05, 0) is 55.4 Å². The van der Waals surface area contributed by atoms with Crippen LogP contribution >= 0.6 is 11.8 Å². The van der Waals surface area contributed by atoms with Crippen LogP contribution in [0.4, 0.5) is 0 Å². The summed E-state index contributed by atoms with van der Waals surface area (Å²) < 4.78 is 13.7. The molecule has 3 heterocycles. The minimum absolute atomic E-state index is 0.0129. The number of aryl methyl sites for hydroxylation is 1. The Morgan fingerprint density at radius 1 is 1.18 bits per heavy atom. The smallest absolute Gasteiger partial charge is 0.251 e. The van der Waals surface area contributed by atoms with Gasteiger partial charge in [-0.15, -0.1) is 0 Å². The van der Waals surface area contributed by atoms with Crippen LogP contribution < -0.4 is 14.2 Å². The molecule has 0 fully saturated rings. The van der Waals surface area contributed by atoms with Gasteiger partial charge in [-0.1, -0.05) is 6.07 Å². The van der Waals surface area contributed by atoms with Gasteiger partial charge in [0.25, 0.3) is 5.03 Å². The van der Waals surface area contributed by atoms with E-state index < -0.39 is 0 Å². The lowest BCUT2D eigenvalue weighted by Crippen LogP contribution is -2.28. The second-order valence-electron chi connectivity index (χ2n) is 6.64. The van der Waals surface area contributed by atoms with Gasteiger partial charge in [0, 0.05) is 35.6 Å². The van der Waals surface area contributed by atoms with Crippen molar-refractivity contribution in [1.82, 2.24) is 4.57 Å². The highest BCUT2D eigenvalue weighted by atomic mass is 32.2. The van der Waals surface area contributed by atoms with Crippen molar-refractivity contribution in [2.75, 3.05) is 12.5 Å². The standard InChI is InChI=1S/C21H20N2O4S/c1-14-9-17(18(24)12-28-21-5-3-4-8-23(21)25)15(2)22(14)11-16-6-7-19-20(10-16)27-13-26-19/h3-10H,11-13H2,1-2H3. The molecule has 144 valence electrons. The van der Waals surface area contributed by atoms with Gasteiger partial charge < -0.3 is 19.2 Å². The minimum atomic E-state index is 0.0129.